The predicted molar refractivity (Wildman–Crippen MR) is 73.3 cm³/mol. The van der Waals surface area contributed by atoms with Gasteiger partial charge in [0.15, 0.2) is 0 Å². The van der Waals surface area contributed by atoms with Crippen LogP contribution in [0, 0.1) is 10.1 Å². The predicted octanol–water partition coefficient (Wildman–Crippen LogP) is 1.67. The number of nitro groups is 1. The number of anilines is 1. The number of benzene rings is 1. The van der Waals surface area contributed by atoms with Crippen LogP contribution in [-0.4, -0.2) is 43.0 Å². The van der Waals surface area contributed by atoms with Crippen LogP contribution in [0.5, 0.6) is 0 Å². The topological polar surface area (TPSA) is 87.5 Å². The first kappa shape index (κ1) is 14.9. The summed E-state index contributed by atoms with van der Waals surface area (Å²) in [6, 6.07) is 5.59. The molecule has 1 rings (SSSR count). The van der Waals surface area contributed by atoms with Gasteiger partial charge < -0.3 is 15.5 Å². The molecular formula is C12H18N4O3. The van der Waals surface area contributed by atoms with Crippen molar-refractivity contribution >= 4 is 17.4 Å². The molecule has 7 nitrogen and oxygen atoms in total. The molecule has 0 aliphatic carbocycles. The van der Waals surface area contributed by atoms with Crippen molar-refractivity contribution in [1.29, 1.82) is 0 Å². The molecule has 7 heteroatoms. The van der Waals surface area contributed by atoms with Gasteiger partial charge in [0.05, 0.1) is 4.92 Å². The second kappa shape index (κ2) is 7.32. The molecule has 0 fully saturated rings. The lowest BCUT2D eigenvalue weighted by atomic mass is 10.3. The maximum atomic E-state index is 11.8. The van der Waals surface area contributed by atoms with Crippen molar-refractivity contribution in [1.82, 2.24) is 10.2 Å². The summed E-state index contributed by atoms with van der Waals surface area (Å²) in [6.45, 7) is 1.44. The maximum Gasteiger partial charge on any atom is 0.321 e. The van der Waals surface area contributed by atoms with Gasteiger partial charge >= 0.3 is 6.03 Å². The Morgan fingerprint density at radius 2 is 2.21 bits per heavy atom. The van der Waals surface area contributed by atoms with Gasteiger partial charge in [0.2, 0.25) is 0 Å². The van der Waals surface area contributed by atoms with E-state index in [1.54, 1.807) is 13.1 Å². The van der Waals surface area contributed by atoms with Crippen LogP contribution in [0.4, 0.5) is 16.2 Å². The molecule has 0 bridgehead atoms. The Hall–Kier alpha value is -2.15. The van der Waals surface area contributed by atoms with E-state index in [0.29, 0.717) is 12.2 Å². The molecule has 0 atom stereocenters. The number of nitro benzene ring substituents is 1. The number of carbonyl (C=O) groups is 1. The highest BCUT2D eigenvalue weighted by Gasteiger charge is 2.10. The van der Waals surface area contributed by atoms with Gasteiger partial charge in [-0.3, -0.25) is 10.1 Å². The van der Waals surface area contributed by atoms with Crippen LogP contribution in [-0.2, 0) is 0 Å². The molecule has 2 amide bonds. The van der Waals surface area contributed by atoms with Gasteiger partial charge in [0.25, 0.3) is 5.69 Å². The minimum atomic E-state index is -0.494. The van der Waals surface area contributed by atoms with Crippen LogP contribution < -0.4 is 10.6 Å². The number of urea groups is 1. The third-order valence-corrected chi connectivity index (χ3v) is 2.58. The zero-order valence-corrected chi connectivity index (χ0v) is 11.0. The molecule has 0 aliphatic rings. The van der Waals surface area contributed by atoms with Crippen LogP contribution in [0.1, 0.15) is 6.42 Å². The summed E-state index contributed by atoms with van der Waals surface area (Å²) in [5.74, 6) is 0. The van der Waals surface area contributed by atoms with Crippen LogP contribution >= 0.6 is 0 Å². The molecule has 0 saturated heterocycles. The monoisotopic (exact) mass is 266 g/mol. The van der Waals surface area contributed by atoms with Gasteiger partial charge in [0, 0.05) is 31.4 Å². The van der Waals surface area contributed by atoms with Crippen molar-refractivity contribution in [2.75, 3.05) is 32.5 Å². The van der Waals surface area contributed by atoms with Gasteiger partial charge in [-0.05, 0) is 26.1 Å². The summed E-state index contributed by atoms with van der Waals surface area (Å²) in [6.07, 6.45) is 0.843. The van der Waals surface area contributed by atoms with Crippen molar-refractivity contribution in [3.63, 3.8) is 0 Å². The lowest BCUT2D eigenvalue weighted by Gasteiger charge is -2.17. The molecule has 0 radical (unpaired) electrons. The molecule has 19 heavy (non-hydrogen) atoms. The fourth-order valence-electron chi connectivity index (χ4n) is 1.51. The summed E-state index contributed by atoms with van der Waals surface area (Å²) in [4.78, 5) is 23.5. The van der Waals surface area contributed by atoms with Gasteiger partial charge in [0.1, 0.15) is 0 Å². The second-order valence-electron chi connectivity index (χ2n) is 4.12. The molecule has 0 heterocycles. The first-order chi connectivity index (χ1) is 9.04. The highest BCUT2D eigenvalue weighted by Crippen LogP contribution is 2.17. The van der Waals surface area contributed by atoms with Crippen LogP contribution in [0.2, 0.25) is 0 Å². The first-order valence-electron chi connectivity index (χ1n) is 5.95. The summed E-state index contributed by atoms with van der Waals surface area (Å²) in [7, 11) is 3.53. The Morgan fingerprint density at radius 1 is 1.47 bits per heavy atom. The van der Waals surface area contributed by atoms with Crippen molar-refractivity contribution in [3.05, 3.63) is 34.4 Å². The van der Waals surface area contributed by atoms with Gasteiger partial charge in [-0.15, -0.1) is 0 Å². The van der Waals surface area contributed by atoms with Crippen molar-refractivity contribution in [2.24, 2.45) is 0 Å². The largest absolute Gasteiger partial charge is 0.328 e. The fraction of sp³-hybridized carbons (Fsp3) is 0.417. The average molecular weight is 266 g/mol. The minimum Gasteiger partial charge on any atom is -0.328 e. The Kier molecular flexibility index (Phi) is 5.74. The molecule has 2 N–H and O–H groups in total. The second-order valence-corrected chi connectivity index (χ2v) is 4.12. The van der Waals surface area contributed by atoms with E-state index >= 15 is 0 Å². The van der Waals surface area contributed by atoms with E-state index < -0.39 is 4.92 Å². The van der Waals surface area contributed by atoms with Gasteiger partial charge in [-0.2, -0.15) is 0 Å². The normalized spacial score (nSPS) is 10.0. The average Bonchev–Trinajstić information content (AvgIpc) is 2.39. The van der Waals surface area contributed by atoms with E-state index in [1.165, 1.54) is 23.1 Å². The summed E-state index contributed by atoms with van der Waals surface area (Å²) in [5, 5.41) is 16.2. The number of rotatable bonds is 6. The van der Waals surface area contributed by atoms with Crippen LogP contribution in [0.15, 0.2) is 24.3 Å². The van der Waals surface area contributed by atoms with Crippen LogP contribution in [0.3, 0.4) is 0 Å². The zero-order valence-electron chi connectivity index (χ0n) is 11.0. The van der Waals surface area contributed by atoms with E-state index in [9.17, 15) is 14.9 Å². The number of carbonyl (C=O) groups excluding carboxylic acids is 1. The molecule has 0 aliphatic heterocycles. The molecular weight excluding hydrogens is 248 g/mol. The number of nitrogens with one attached hydrogen (secondary N) is 2. The third kappa shape index (κ3) is 4.92. The molecule has 1 aromatic carbocycles. The number of non-ortho nitro benzene ring substituents is 1. The van der Waals surface area contributed by atoms with E-state index in [0.717, 1.165) is 13.0 Å². The molecule has 0 unspecified atom stereocenters. The summed E-state index contributed by atoms with van der Waals surface area (Å²) < 4.78 is 0. The summed E-state index contributed by atoms with van der Waals surface area (Å²) >= 11 is 0. The van der Waals surface area contributed by atoms with E-state index in [1.807, 2.05) is 7.05 Å². The van der Waals surface area contributed by atoms with E-state index in [2.05, 4.69) is 10.6 Å². The molecule has 1 aromatic rings. The lowest BCUT2D eigenvalue weighted by Crippen LogP contribution is -2.33. The van der Waals surface area contributed by atoms with Gasteiger partial charge in [-0.1, -0.05) is 6.07 Å². The number of hydrogen-bond acceptors (Lipinski definition) is 4. The Bertz CT molecular complexity index is 450. The van der Waals surface area contributed by atoms with E-state index in [4.69, 9.17) is 0 Å². The van der Waals surface area contributed by atoms with Gasteiger partial charge in [-0.25, -0.2) is 4.79 Å². The number of nitrogens with zero attached hydrogens (tertiary/aromatic N) is 2. The summed E-state index contributed by atoms with van der Waals surface area (Å²) in [5.41, 5.74) is 0.371. The molecule has 0 aromatic heterocycles. The Morgan fingerprint density at radius 3 is 2.84 bits per heavy atom. The maximum absolute atomic E-state index is 11.8. The first-order valence-corrected chi connectivity index (χ1v) is 5.95. The highest BCUT2D eigenvalue weighted by atomic mass is 16.6. The molecule has 0 saturated carbocycles. The van der Waals surface area contributed by atoms with Crippen molar-refractivity contribution in [3.8, 4) is 0 Å². The number of hydrogen-bond donors (Lipinski definition) is 2. The number of amides is 2. The standard InChI is InChI=1S/C12H18N4O3/c1-13-7-4-8-15(2)12(17)14-10-5-3-6-11(9-10)16(18)19/h3,5-6,9,13H,4,7-8H2,1-2H3,(H,14,17). The van der Waals surface area contributed by atoms with Crippen molar-refractivity contribution < 1.29 is 9.72 Å². The SMILES string of the molecule is CNCCCN(C)C(=O)Nc1cccc([N+](=O)[O-])c1. The fourth-order valence-corrected chi connectivity index (χ4v) is 1.51. The Balaban J connectivity index is 2.56. The smallest absolute Gasteiger partial charge is 0.321 e. The minimum absolute atomic E-state index is 0.0457. The van der Waals surface area contributed by atoms with E-state index in [-0.39, 0.29) is 11.7 Å². The molecule has 104 valence electrons. The zero-order chi connectivity index (χ0) is 14.3. The highest BCUT2D eigenvalue weighted by molar-refractivity contribution is 5.89. The molecule has 0 spiro atoms. The quantitative estimate of drug-likeness (QED) is 0.466. The van der Waals surface area contributed by atoms with Crippen molar-refractivity contribution in [2.45, 2.75) is 6.42 Å². The third-order valence-electron chi connectivity index (χ3n) is 2.58. The van der Waals surface area contributed by atoms with Crippen LogP contribution in [0.25, 0.3) is 0 Å². The lowest BCUT2D eigenvalue weighted by molar-refractivity contribution is -0.384. The Labute approximate surface area is 111 Å².